The Morgan fingerprint density at radius 1 is 1.10 bits per heavy atom. The number of nitrogens with two attached hydrogens (primary N) is 1. The van der Waals surface area contributed by atoms with E-state index in [1.165, 1.54) is 18.9 Å². The van der Waals surface area contributed by atoms with E-state index in [1.807, 2.05) is 42.5 Å². The number of nitrogens with zero attached hydrogens (tertiary/aromatic N) is 1. The fourth-order valence-corrected chi connectivity index (χ4v) is 3.67. The number of ether oxygens (including phenoxy) is 1. The van der Waals surface area contributed by atoms with Crippen LogP contribution in [0, 0.1) is 0 Å². The summed E-state index contributed by atoms with van der Waals surface area (Å²) >= 11 is 3.42. The van der Waals surface area contributed by atoms with Gasteiger partial charge < -0.3 is 20.5 Å². The van der Waals surface area contributed by atoms with E-state index in [0.717, 1.165) is 30.4 Å². The van der Waals surface area contributed by atoms with Crippen molar-refractivity contribution in [2.24, 2.45) is 0 Å². The van der Waals surface area contributed by atoms with Crippen LogP contribution in [0.2, 0.25) is 0 Å². The molecule has 0 heterocycles. The van der Waals surface area contributed by atoms with Crippen LogP contribution in [-0.4, -0.2) is 36.8 Å². The molecule has 0 aromatic heterocycles. The first kappa shape index (κ1) is 24.2. The van der Waals surface area contributed by atoms with Gasteiger partial charge in [0.2, 0.25) is 0 Å². The van der Waals surface area contributed by atoms with Gasteiger partial charge in [0, 0.05) is 28.3 Å². The van der Waals surface area contributed by atoms with E-state index in [4.69, 9.17) is 10.5 Å². The predicted molar refractivity (Wildman–Crippen MR) is 130 cm³/mol. The molecule has 30 heavy (non-hydrogen) atoms. The highest BCUT2D eigenvalue weighted by Gasteiger charge is 2.30. The van der Waals surface area contributed by atoms with Crippen LogP contribution in [0.25, 0.3) is 0 Å². The van der Waals surface area contributed by atoms with Crippen molar-refractivity contribution < 1.29 is 9.84 Å². The number of hydrogen-bond acceptors (Lipinski definition) is 4. The van der Waals surface area contributed by atoms with E-state index in [-0.39, 0.29) is 0 Å². The molecule has 0 aliphatic rings. The summed E-state index contributed by atoms with van der Waals surface area (Å²) in [4.78, 5) is 2.27. The minimum absolute atomic E-state index is 0.475. The SMILES string of the molecule is C=CCN(C)CCCCCCOc1ccc([C@](O)(C=C)c2ccc(Br)cc2)c(N)c1. The van der Waals surface area contributed by atoms with Gasteiger partial charge in [-0.1, -0.05) is 59.6 Å². The molecule has 2 rings (SSSR count). The first-order valence-electron chi connectivity index (χ1n) is 10.3. The number of halogens is 1. The van der Waals surface area contributed by atoms with Crippen LogP contribution in [0.1, 0.15) is 36.8 Å². The lowest BCUT2D eigenvalue weighted by atomic mass is 9.85. The zero-order valence-corrected chi connectivity index (χ0v) is 19.4. The lowest BCUT2D eigenvalue weighted by Gasteiger charge is -2.27. The van der Waals surface area contributed by atoms with E-state index < -0.39 is 5.60 Å². The minimum Gasteiger partial charge on any atom is -0.494 e. The quantitative estimate of drug-likeness (QED) is 0.229. The summed E-state index contributed by atoms with van der Waals surface area (Å²) in [5, 5.41) is 11.2. The first-order valence-corrected chi connectivity index (χ1v) is 11.1. The fourth-order valence-electron chi connectivity index (χ4n) is 3.40. The van der Waals surface area contributed by atoms with E-state index in [0.29, 0.717) is 29.2 Å². The summed E-state index contributed by atoms with van der Waals surface area (Å²) in [6.45, 7) is 10.3. The van der Waals surface area contributed by atoms with Crippen LogP contribution in [0.5, 0.6) is 5.75 Å². The van der Waals surface area contributed by atoms with Gasteiger partial charge in [-0.2, -0.15) is 0 Å². The van der Waals surface area contributed by atoms with Crippen molar-refractivity contribution in [2.45, 2.75) is 31.3 Å². The third-order valence-electron chi connectivity index (χ3n) is 5.16. The number of rotatable bonds is 13. The minimum atomic E-state index is -1.36. The zero-order valence-electron chi connectivity index (χ0n) is 17.8. The molecule has 0 aliphatic carbocycles. The van der Waals surface area contributed by atoms with Crippen molar-refractivity contribution in [3.63, 3.8) is 0 Å². The summed E-state index contributed by atoms with van der Waals surface area (Å²) < 4.78 is 6.80. The number of benzene rings is 2. The summed E-state index contributed by atoms with van der Waals surface area (Å²) in [6, 6.07) is 12.9. The molecule has 4 nitrogen and oxygen atoms in total. The average molecular weight is 473 g/mol. The molecule has 0 radical (unpaired) electrons. The number of likely N-dealkylation sites (N-methyl/N-ethyl adjacent to an activating group) is 1. The van der Waals surface area contributed by atoms with Crippen LogP contribution in [-0.2, 0) is 5.60 Å². The highest BCUT2D eigenvalue weighted by atomic mass is 79.9. The maximum absolute atomic E-state index is 11.2. The second-order valence-electron chi connectivity index (χ2n) is 7.54. The van der Waals surface area contributed by atoms with Gasteiger partial charge >= 0.3 is 0 Å². The van der Waals surface area contributed by atoms with Crippen molar-refractivity contribution in [3.8, 4) is 5.75 Å². The summed E-state index contributed by atoms with van der Waals surface area (Å²) in [5.41, 5.74) is 6.68. The standard InChI is InChI=1S/C25H33BrN2O2/c1-4-16-28(3)17-8-6-7-9-18-30-22-14-15-23(24(27)19-22)25(29,5-2)20-10-12-21(26)13-11-20/h4-5,10-15,19,29H,1-2,6-9,16-18,27H2,3H3/t25-/m0/s1. The molecule has 5 heteroatoms. The van der Waals surface area contributed by atoms with E-state index in [2.05, 4.69) is 41.0 Å². The molecular formula is C25H33BrN2O2. The number of anilines is 1. The molecule has 0 amide bonds. The van der Waals surface area contributed by atoms with Gasteiger partial charge in [-0.3, -0.25) is 0 Å². The van der Waals surface area contributed by atoms with E-state index >= 15 is 0 Å². The van der Waals surface area contributed by atoms with Gasteiger partial charge in [0.1, 0.15) is 11.4 Å². The predicted octanol–water partition coefficient (Wildman–Crippen LogP) is 5.51. The molecule has 0 spiro atoms. The lowest BCUT2D eigenvalue weighted by Crippen LogP contribution is -2.25. The van der Waals surface area contributed by atoms with Crippen LogP contribution in [0.4, 0.5) is 5.69 Å². The molecule has 0 aliphatic heterocycles. The molecule has 0 saturated heterocycles. The van der Waals surface area contributed by atoms with E-state index in [9.17, 15) is 5.11 Å². The Balaban J connectivity index is 1.88. The van der Waals surface area contributed by atoms with Crippen molar-refractivity contribution in [1.82, 2.24) is 4.90 Å². The van der Waals surface area contributed by atoms with Crippen molar-refractivity contribution in [2.75, 3.05) is 32.5 Å². The Kier molecular flexibility index (Phi) is 9.63. The Morgan fingerprint density at radius 2 is 1.80 bits per heavy atom. The summed E-state index contributed by atoms with van der Waals surface area (Å²) in [7, 11) is 2.11. The maximum Gasteiger partial charge on any atom is 0.135 e. The Bertz CT molecular complexity index is 822. The Morgan fingerprint density at radius 3 is 2.43 bits per heavy atom. The second-order valence-corrected chi connectivity index (χ2v) is 8.46. The molecule has 0 saturated carbocycles. The van der Waals surface area contributed by atoms with Crippen LogP contribution in [0.3, 0.4) is 0 Å². The highest BCUT2D eigenvalue weighted by molar-refractivity contribution is 9.10. The van der Waals surface area contributed by atoms with Crippen LogP contribution >= 0.6 is 15.9 Å². The molecule has 0 unspecified atom stereocenters. The molecular weight excluding hydrogens is 440 g/mol. The van der Waals surface area contributed by atoms with Gasteiger partial charge in [0.15, 0.2) is 0 Å². The number of hydrogen-bond donors (Lipinski definition) is 2. The van der Waals surface area contributed by atoms with Crippen molar-refractivity contribution in [3.05, 3.63) is 83.4 Å². The smallest absolute Gasteiger partial charge is 0.135 e. The topological polar surface area (TPSA) is 58.7 Å². The molecule has 0 bridgehead atoms. The highest BCUT2D eigenvalue weighted by Crippen LogP contribution is 2.36. The van der Waals surface area contributed by atoms with Gasteiger partial charge in [0.25, 0.3) is 0 Å². The van der Waals surface area contributed by atoms with E-state index in [1.54, 1.807) is 6.07 Å². The second kappa shape index (κ2) is 11.9. The molecule has 2 aromatic rings. The Labute approximate surface area is 189 Å². The maximum atomic E-state index is 11.2. The molecule has 162 valence electrons. The number of unbranched alkanes of at least 4 members (excludes halogenated alkanes) is 3. The van der Waals surface area contributed by atoms with Crippen molar-refractivity contribution >= 4 is 21.6 Å². The summed E-state index contributed by atoms with van der Waals surface area (Å²) in [5.74, 6) is 0.712. The summed E-state index contributed by atoms with van der Waals surface area (Å²) in [6.07, 6.45) is 7.94. The Hall–Kier alpha value is -2.08. The van der Waals surface area contributed by atoms with Crippen molar-refractivity contribution in [1.29, 1.82) is 0 Å². The lowest BCUT2D eigenvalue weighted by molar-refractivity contribution is 0.135. The van der Waals surface area contributed by atoms with Crippen LogP contribution in [0.15, 0.2) is 72.2 Å². The van der Waals surface area contributed by atoms with Gasteiger partial charge in [0.05, 0.1) is 6.61 Å². The number of nitrogen functional groups attached to an aromatic ring is 1. The molecule has 2 aromatic carbocycles. The fraction of sp³-hybridized carbons (Fsp3) is 0.360. The average Bonchev–Trinajstić information content (AvgIpc) is 2.73. The van der Waals surface area contributed by atoms with Gasteiger partial charge in [-0.05, 0) is 56.3 Å². The largest absolute Gasteiger partial charge is 0.494 e. The number of aliphatic hydroxyl groups is 1. The first-order chi connectivity index (χ1) is 14.4. The third-order valence-corrected chi connectivity index (χ3v) is 5.69. The third kappa shape index (κ3) is 6.73. The van der Waals surface area contributed by atoms with Gasteiger partial charge in [-0.25, -0.2) is 0 Å². The molecule has 1 atom stereocenters. The molecule has 3 N–H and O–H groups in total. The van der Waals surface area contributed by atoms with Crippen LogP contribution < -0.4 is 10.5 Å². The monoisotopic (exact) mass is 472 g/mol. The normalized spacial score (nSPS) is 13.1. The zero-order chi connectivity index (χ0) is 22.0. The van der Waals surface area contributed by atoms with Gasteiger partial charge in [-0.15, -0.1) is 6.58 Å². The molecule has 0 fully saturated rings.